The van der Waals surface area contributed by atoms with Gasteiger partial charge in [-0.1, -0.05) is 23.7 Å². The summed E-state index contributed by atoms with van der Waals surface area (Å²) in [6, 6.07) is 11.4. The minimum atomic E-state index is 0.0359. The van der Waals surface area contributed by atoms with E-state index in [4.69, 9.17) is 11.6 Å². The van der Waals surface area contributed by atoms with E-state index in [-0.39, 0.29) is 5.91 Å². The van der Waals surface area contributed by atoms with E-state index in [1.54, 1.807) is 12.1 Å². The number of piperidine rings is 1. The Bertz CT molecular complexity index is 622. The highest BCUT2D eigenvalue weighted by molar-refractivity contribution is 6.33. The molecule has 1 aromatic heterocycles. The van der Waals surface area contributed by atoms with E-state index >= 15 is 0 Å². The summed E-state index contributed by atoms with van der Waals surface area (Å²) in [4.78, 5) is 18.5. The average Bonchev–Trinajstić information content (AvgIpc) is 2.56. The smallest absolute Gasteiger partial charge is 0.255 e. The number of aromatic nitrogens is 1. The zero-order valence-corrected chi connectivity index (χ0v) is 12.5. The lowest BCUT2D eigenvalue weighted by atomic mass is 9.90. The van der Waals surface area contributed by atoms with Crippen molar-refractivity contribution >= 4 is 17.5 Å². The first-order valence-corrected chi connectivity index (χ1v) is 7.57. The van der Waals surface area contributed by atoms with Crippen LogP contribution in [0.5, 0.6) is 0 Å². The molecule has 108 valence electrons. The average molecular weight is 301 g/mol. The highest BCUT2D eigenvalue weighted by Gasteiger charge is 2.25. The van der Waals surface area contributed by atoms with Crippen LogP contribution in [0.3, 0.4) is 0 Å². The summed E-state index contributed by atoms with van der Waals surface area (Å²) in [5.41, 5.74) is 1.91. The Labute approximate surface area is 129 Å². The van der Waals surface area contributed by atoms with E-state index in [1.165, 1.54) is 5.56 Å². The van der Waals surface area contributed by atoms with E-state index in [9.17, 15) is 4.79 Å². The number of rotatable bonds is 2. The van der Waals surface area contributed by atoms with Crippen LogP contribution in [0.25, 0.3) is 0 Å². The molecule has 21 heavy (non-hydrogen) atoms. The van der Waals surface area contributed by atoms with Crippen LogP contribution >= 0.6 is 11.6 Å². The quantitative estimate of drug-likeness (QED) is 0.846. The summed E-state index contributed by atoms with van der Waals surface area (Å²) < 4.78 is 0. The van der Waals surface area contributed by atoms with Gasteiger partial charge >= 0.3 is 0 Å². The summed E-state index contributed by atoms with van der Waals surface area (Å²) in [5, 5.41) is 0.527. The van der Waals surface area contributed by atoms with Crippen LogP contribution in [0, 0.1) is 0 Å². The molecule has 4 heteroatoms. The van der Waals surface area contributed by atoms with Crippen LogP contribution in [-0.4, -0.2) is 28.9 Å². The molecule has 1 aromatic carbocycles. The third kappa shape index (κ3) is 3.08. The highest BCUT2D eigenvalue weighted by Crippen LogP contribution is 2.28. The monoisotopic (exact) mass is 300 g/mol. The van der Waals surface area contributed by atoms with Crippen molar-refractivity contribution in [2.45, 2.75) is 18.8 Å². The van der Waals surface area contributed by atoms with Gasteiger partial charge in [-0.2, -0.15) is 0 Å². The molecule has 0 saturated carbocycles. The van der Waals surface area contributed by atoms with Crippen LogP contribution in [-0.2, 0) is 0 Å². The van der Waals surface area contributed by atoms with Crippen LogP contribution < -0.4 is 0 Å². The molecule has 0 N–H and O–H groups in total. The molecule has 1 saturated heterocycles. The Morgan fingerprint density at radius 2 is 1.76 bits per heavy atom. The second-order valence-electron chi connectivity index (χ2n) is 5.33. The van der Waals surface area contributed by atoms with Gasteiger partial charge in [0.25, 0.3) is 5.91 Å². The van der Waals surface area contributed by atoms with Gasteiger partial charge in [-0.05, 0) is 48.6 Å². The van der Waals surface area contributed by atoms with Gasteiger partial charge in [-0.3, -0.25) is 9.78 Å². The molecular formula is C17H17ClN2O. The number of pyridine rings is 1. The van der Waals surface area contributed by atoms with Gasteiger partial charge < -0.3 is 4.90 Å². The van der Waals surface area contributed by atoms with E-state index in [0.717, 1.165) is 25.9 Å². The van der Waals surface area contributed by atoms with Crippen molar-refractivity contribution in [2.24, 2.45) is 0 Å². The van der Waals surface area contributed by atoms with Gasteiger partial charge in [0.1, 0.15) is 0 Å². The third-order valence-corrected chi connectivity index (χ3v) is 4.39. The number of carbonyl (C=O) groups excluding carboxylic acids is 1. The maximum Gasteiger partial charge on any atom is 0.255 e. The predicted molar refractivity (Wildman–Crippen MR) is 83.6 cm³/mol. The van der Waals surface area contributed by atoms with E-state index < -0.39 is 0 Å². The summed E-state index contributed by atoms with van der Waals surface area (Å²) in [7, 11) is 0. The summed E-state index contributed by atoms with van der Waals surface area (Å²) in [6.07, 6.45) is 5.63. The maximum atomic E-state index is 12.5. The minimum Gasteiger partial charge on any atom is -0.339 e. The summed E-state index contributed by atoms with van der Waals surface area (Å²) in [5.74, 6) is 0.553. The van der Waals surface area contributed by atoms with Crippen molar-refractivity contribution in [1.82, 2.24) is 9.88 Å². The van der Waals surface area contributed by atoms with E-state index in [2.05, 4.69) is 17.1 Å². The maximum absolute atomic E-state index is 12.5. The Morgan fingerprint density at radius 1 is 1.10 bits per heavy atom. The Hall–Kier alpha value is -1.87. The van der Waals surface area contributed by atoms with Crippen molar-refractivity contribution < 1.29 is 4.79 Å². The number of halogens is 1. The molecule has 1 amide bonds. The molecule has 0 aliphatic carbocycles. The van der Waals surface area contributed by atoms with Gasteiger partial charge in [-0.15, -0.1) is 0 Å². The molecule has 0 bridgehead atoms. The normalized spacial score (nSPS) is 16.0. The number of likely N-dealkylation sites (tertiary alicyclic amines) is 1. The second kappa shape index (κ2) is 6.27. The Morgan fingerprint density at radius 3 is 2.43 bits per heavy atom. The van der Waals surface area contributed by atoms with Crippen LogP contribution in [0.4, 0.5) is 0 Å². The highest BCUT2D eigenvalue weighted by atomic mass is 35.5. The second-order valence-corrected chi connectivity index (χ2v) is 5.73. The number of hydrogen-bond donors (Lipinski definition) is 0. The van der Waals surface area contributed by atoms with Crippen molar-refractivity contribution in [3.63, 3.8) is 0 Å². The van der Waals surface area contributed by atoms with Crippen molar-refractivity contribution in [2.75, 3.05) is 13.1 Å². The Kier molecular flexibility index (Phi) is 4.20. The molecule has 0 unspecified atom stereocenters. The summed E-state index contributed by atoms with van der Waals surface area (Å²) >= 11 is 6.11. The fourth-order valence-electron chi connectivity index (χ4n) is 2.86. The molecular weight excluding hydrogens is 284 g/mol. The minimum absolute atomic E-state index is 0.0359. The largest absolute Gasteiger partial charge is 0.339 e. The molecule has 0 atom stereocenters. The first-order valence-electron chi connectivity index (χ1n) is 7.19. The van der Waals surface area contributed by atoms with Gasteiger partial charge in [0, 0.05) is 25.5 Å². The van der Waals surface area contributed by atoms with Crippen LogP contribution in [0.15, 0.2) is 48.8 Å². The van der Waals surface area contributed by atoms with Gasteiger partial charge in [0.2, 0.25) is 0 Å². The lowest BCUT2D eigenvalue weighted by molar-refractivity contribution is 0.0713. The number of amides is 1. The molecule has 1 fully saturated rings. The third-order valence-electron chi connectivity index (χ3n) is 4.06. The molecule has 3 rings (SSSR count). The molecule has 0 spiro atoms. The van der Waals surface area contributed by atoms with E-state index in [1.807, 2.05) is 29.4 Å². The van der Waals surface area contributed by atoms with E-state index in [0.29, 0.717) is 16.5 Å². The topological polar surface area (TPSA) is 33.2 Å². The zero-order chi connectivity index (χ0) is 14.7. The molecule has 3 nitrogen and oxygen atoms in total. The molecule has 2 aromatic rings. The number of carbonyl (C=O) groups is 1. The number of hydrogen-bond acceptors (Lipinski definition) is 2. The molecule has 1 aliphatic heterocycles. The fourth-order valence-corrected chi connectivity index (χ4v) is 3.07. The van der Waals surface area contributed by atoms with Crippen LogP contribution in [0.2, 0.25) is 5.02 Å². The molecule has 2 heterocycles. The molecule has 1 aliphatic rings. The number of benzene rings is 1. The zero-order valence-electron chi connectivity index (χ0n) is 11.7. The molecule has 0 radical (unpaired) electrons. The fraction of sp³-hybridized carbons (Fsp3) is 0.294. The first-order chi connectivity index (χ1) is 10.3. The Balaban J connectivity index is 1.66. The van der Waals surface area contributed by atoms with Crippen LogP contribution in [0.1, 0.15) is 34.7 Å². The van der Waals surface area contributed by atoms with Gasteiger partial charge in [0.05, 0.1) is 10.6 Å². The SMILES string of the molecule is O=C(c1ccccc1Cl)N1CCC(c2ccncc2)CC1. The first kappa shape index (κ1) is 14.1. The lowest BCUT2D eigenvalue weighted by Gasteiger charge is -2.32. The number of nitrogens with zero attached hydrogens (tertiary/aromatic N) is 2. The van der Waals surface area contributed by atoms with Gasteiger partial charge in [0.15, 0.2) is 0 Å². The van der Waals surface area contributed by atoms with Gasteiger partial charge in [-0.25, -0.2) is 0 Å². The van der Waals surface area contributed by atoms with Crippen molar-refractivity contribution in [3.05, 3.63) is 64.9 Å². The predicted octanol–water partition coefficient (Wildman–Crippen LogP) is 3.75. The standard InChI is InChI=1S/C17H17ClN2O/c18-16-4-2-1-3-15(16)17(21)20-11-7-14(8-12-20)13-5-9-19-10-6-13/h1-6,9-10,14H,7-8,11-12H2. The van der Waals surface area contributed by atoms with Crippen molar-refractivity contribution in [3.8, 4) is 0 Å². The van der Waals surface area contributed by atoms with Crippen molar-refractivity contribution in [1.29, 1.82) is 0 Å². The lowest BCUT2D eigenvalue weighted by Crippen LogP contribution is -2.38. The summed E-state index contributed by atoms with van der Waals surface area (Å²) in [6.45, 7) is 1.55.